The van der Waals surface area contributed by atoms with Crippen molar-refractivity contribution in [1.82, 2.24) is 24.2 Å². The SMILES string of the molecule is CN(Cc1cnn(Cc2ccccc2)c1)C(=O)c1ccc(NC(=O)CSc2nccn2C)cc1. The first kappa shape index (κ1) is 23.3. The number of hydrogen-bond donors (Lipinski definition) is 1. The first-order chi connectivity index (χ1) is 16.5. The second kappa shape index (κ2) is 10.8. The number of carbonyl (C=O) groups excluding carboxylic acids is 2. The van der Waals surface area contributed by atoms with Gasteiger partial charge in [-0.05, 0) is 29.8 Å². The predicted octanol–water partition coefficient (Wildman–Crippen LogP) is 3.67. The van der Waals surface area contributed by atoms with Crippen LogP contribution in [0, 0.1) is 0 Å². The van der Waals surface area contributed by atoms with Crippen molar-refractivity contribution >= 4 is 29.3 Å². The van der Waals surface area contributed by atoms with Crippen LogP contribution >= 0.6 is 11.8 Å². The highest BCUT2D eigenvalue weighted by Gasteiger charge is 2.14. The van der Waals surface area contributed by atoms with Gasteiger partial charge >= 0.3 is 0 Å². The quantitative estimate of drug-likeness (QED) is 0.374. The van der Waals surface area contributed by atoms with E-state index in [1.165, 1.54) is 17.3 Å². The van der Waals surface area contributed by atoms with Crippen molar-refractivity contribution in [1.29, 1.82) is 0 Å². The highest BCUT2D eigenvalue weighted by molar-refractivity contribution is 7.99. The molecule has 174 valence electrons. The molecule has 0 spiro atoms. The zero-order chi connectivity index (χ0) is 23.9. The third-order valence-electron chi connectivity index (χ3n) is 5.17. The van der Waals surface area contributed by atoms with Gasteiger partial charge in [0.25, 0.3) is 5.91 Å². The van der Waals surface area contributed by atoms with E-state index in [1.54, 1.807) is 48.6 Å². The number of nitrogens with one attached hydrogen (secondary N) is 1. The van der Waals surface area contributed by atoms with E-state index in [0.717, 1.165) is 10.7 Å². The Hall–Kier alpha value is -3.85. The van der Waals surface area contributed by atoms with Gasteiger partial charge in [0.05, 0.1) is 18.5 Å². The summed E-state index contributed by atoms with van der Waals surface area (Å²) in [5, 5.41) is 8.03. The molecule has 0 aliphatic carbocycles. The molecule has 9 heteroatoms. The van der Waals surface area contributed by atoms with Crippen LogP contribution in [0.15, 0.2) is 84.5 Å². The first-order valence-corrected chi connectivity index (χ1v) is 11.8. The molecule has 0 fully saturated rings. The molecule has 1 N–H and O–H groups in total. The van der Waals surface area contributed by atoms with Crippen molar-refractivity contribution in [2.75, 3.05) is 18.1 Å². The third-order valence-corrected chi connectivity index (χ3v) is 6.22. The normalized spacial score (nSPS) is 10.8. The smallest absolute Gasteiger partial charge is 0.253 e. The number of hydrogen-bond acceptors (Lipinski definition) is 5. The summed E-state index contributed by atoms with van der Waals surface area (Å²) in [6.07, 6.45) is 7.28. The van der Waals surface area contributed by atoms with E-state index in [2.05, 4.69) is 27.5 Å². The van der Waals surface area contributed by atoms with Crippen molar-refractivity contribution in [2.45, 2.75) is 18.2 Å². The molecule has 0 radical (unpaired) electrons. The molecule has 2 aromatic carbocycles. The minimum Gasteiger partial charge on any atom is -0.337 e. The lowest BCUT2D eigenvalue weighted by atomic mass is 10.1. The fraction of sp³-hybridized carbons (Fsp3) is 0.200. The van der Waals surface area contributed by atoms with Gasteiger partial charge in [-0.2, -0.15) is 5.10 Å². The molecule has 0 bridgehead atoms. The van der Waals surface area contributed by atoms with Crippen molar-refractivity contribution < 1.29 is 9.59 Å². The number of carbonyl (C=O) groups is 2. The van der Waals surface area contributed by atoms with E-state index in [1.807, 2.05) is 46.9 Å². The number of nitrogens with zero attached hydrogens (tertiary/aromatic N) is 5. The van der Waals surface area contributed by atoms with Gasteiger partial charge in [-0.15, -0.1) is 0 Å². The Kier molecular flexibility index (Phi) is 7.44. The van der Waals surface area contributed by atoms with Crippen LogP contribution in [0.5, 0.6) is 0 Å². The summed E-state index contributed by atoms with van der Waals surface area (Å²) in [7, 11) is 3.65. The zero-order valence-corrected chi connectivity index (χ0v) is 19.9. The first-order valence-electron chi connectivity index (χ1n) is 10.8. The van der Waals surface area contributed by atoms with E-state index < -0.39 is 0 Å². The van der Waals surface area contributed by atoms with E-state index in [4.69, 9.17) is 0 Å². The number of benzene rings is 2. The van der Waals surface area contributed by atoms with E-state index in [9.17, 15) is 9.59 Å². The molecule has 0 aliphatic heterocycles. The average Bonchev–Trinajstić information content (AvgIpc) is 3.46. The Bertz CT molecular complexity index is 1250. The number of rotatable bonds is 9. The maximum atomic E-state index is 12.8. The highest BCUT2D eigenvalue weighted by Crippen LogP contribution is 2.16. The lowest BCUT2D eigenvalue weighted by molar-refractivity contribution is -0.113. The standard InChI is InChI=1S/C25H26N6O2S/c1-29-13-12-26-25(29)34-18-23(32)28-22-10-8-21(9-11-22)24(33)30(2)15-20-14-27-31(17-20)16-19-6-4-3-5-7-19/h3-14,17H,15-16,18H2,1-2H3,(H,28,32). The molecule has 4 aromatic rings. The van der Waals surface area contributed by atoms with Crippen LogP contribution in [-0.4, -0.2) is 48.8 Å². The largest absolute Gasteiger partial charge is 0.337 e. The molecule has 0 atom stereocenters. The average molecular weight is 475 g/mol. The lowest BCUT2D eigenvalue weighted by Crippen LogP contribution is -2.26. The summed E-state index contributed by atoms with van der Waals surface area (Å²) < 4.78 is 3.73. The van der Waals surface area contributed by atoms with Crippen molar-refractivity contribution in [3.63, 3.8) is 0 Å². The lowest BCUT2D eigenvalue weighted by Gasteiger charge is -2.16. The molecule has 0 aliphatic rings. The Labute approximate surface area is 202 Å². The van der Waals surface area contributed by atoms with Crippen LogP contribution in [-0.2, 0) is 24.9 Å². The summed E-state index contributed by atoms with van der Waals surface area (Å²) in [5.74, 6) is 0.0300. The number of thioether (sulfide) groups is 1. The number of aromatic nitrogens is 4. The minimum absolute atomic E-state index is 0.0981. The number of imidazole rings is 1. The van der Waals surface area contributed by atoms with Gasteiger partial charge in [-0.3, -0.25) is 14.3 Å². The number of amides is 2. The van der Waals surface area contributed by atoms with Crippen LogP contribution in [0.1, 0.15) is 21.5 Å². The van der Waals surface area contributed by atoms with Gasteiger partial charge in [0, 0.05) is 56.0 Å². The van der Waals surface area contributed by atoms with Crippen molar-refractivity contribution in [2.24, 2.45) is 7.05 Å². The second-order valence-electron chi connectivity index (χ2n) is 7.93. The summed E-state index contributed by atoms with van der Waals surface area (Å²) in [6.45, 7) is 1.14. The number of anilines is 1. The van der Waals surface area contributed by atoms with Gasteiger partial charge in [0.1, 0.15) is 0 Å². The molecule has 0 saturated carbocycles. The molecule has 2 aromatic heterocycles. The van der Waals surface area contributed by atoms with Gasteiger partial charge < -0.3 is 14.8 Å². The zero-order valence-electron chi connectivity index (χ0n) is 19.1. The van der Waals surface area contributed by atoms with Gasteiger partial charge in [0.15, 0.2) is 5.16 Å². The Morgan fingerprint density at radius 3 is 2.53 bits per heavy atom. The fourth-order valence-electron chi connectivity index (χ4n) is 3.43. The summed E-state index contributed by atoms with van der Waals surface area (Å²) in [5.41, 5.74) is 3.33. The molecule has 34 heavy (non-hydrogen) atoms. The molecular formula is C25H26N6O2S. The molecule has 2 amide bonds. The Morgan fingerprint density at radius 2 is 1.82 bits per heavy atom. The van der Waals surface area contributed by atoms with E-state index in [0.29, 0.717) is 24.3 Å². The Morgan fingerprint density at radius 1 is 1.06 bits per heavy atom. The maximum Gasteiger partial charge on any atom is 0.253 e. The van der Waals surface area contributed by atoms with Gasteiger partial charge in [-0.25, -0.2) is 4.98 Å². The molecular weight excluding hydrogens is 448 g/mol. The predicted molar refractivity (Wildman–Crippen MR) is 133 cm³/mol. The van der Waals surface area contributed by atoms with Gasteiger partial charge in [0.2, 0.25) is 5.91 Å². The van der Waals surface area contributed by atoms with Crippen LogP contribution in [0.25, 0.3) is 0 Å². The van der Waals surface area contributed by atoms with Crippen LogP contribution in [0.3, 0.4) is 0 Å². The summed E-state index contributed by atoms with van der Waals surface area (Å²) in [6, 6.07) is 17.0. The van der Waals surface area contributed by atoms with Crippen LogP contribution in [0.2, 0.25) is 0 Å². The maximum absolute atomic E-state index is 12.8. The van der Waals surface area contributed by atoms with E-state index in [-0.39, 0.29) is 17.6 Å². The van der Waals surface area contributed by atoms with Crippen molar-refractivity contribution in [3.8, 4) is 0 Å². The molecule has 2 heterocycles. The number of aryl methyl sites for hydroxylation is 1. The monoisotopic (exact) mass is 474 g/mol. The summed E-state index contributed by atoms with van der Waals surface area (Å²) in [4.78, 5) is 30.9. The second-order valence-corrected chi connectivity index (χ2v) is 8.87. The fourth-order valence-corrected chi connectivity index (χ4v) is 4.16. The van der Waals surface area contributed by atoms with Crippen molar-refractivity contribution in [3.05, 3.63) is 96.1 Å². The van der Waals surface area contributed by atoms with E-state index >= 15 is 0 Å². The van der Waals surface area contributed by atoms with Crippen LogP contribution in [0.4, 0.5) is 5.69 Å². The van der Waals surface area contributed by atoms with Gasteiger partial charge in [-0.1, -0.05) is 42.1 Å². The minimum atomic E-state index is -0.128. The van der Waals surface area contributed by atoms with Crippen LogP contribution < -0.4 is 5.32 Å². The topological polar surface area (TPSA) is 85.1 Å². The molecule has 8 nitrogen and oxygen atoms in total. The molecule has 0 saturated heterocycles. The molecule has 4 rings (SSSR count). The summed E-state index contributed by atoms with van der Waals surface area (Å²) >= 11 is 1.37. The Balaban J connectivity index is 1.28. The molecule has 0 unspecified atom stereocenters. The third kappa shape index (κ3) is 6.14. The highest BCUT2D eigenvalue weighted by atomic mass is 32.2.